The second kappa shape index (κ2) is 8.20. The van der Waals surface area contributed by atoms with Gasteiger partial charge in [-0.3, -0.25) is 4.98 Å². The molecule has 2 nitrogen and oxygen atoms in total. The number of aryl methyl sites for hydroxylation is 1. The number of aromatic nitrogens is 2. The Labute approximate surface area is 149 Å². The van der Waals surface area contributed by atoms with Crippen LogP contribution in [0.25, 0.3) is 21.8 Å². The number of benzene rings is 2. The Balaban J connectivity index is 0.000000146. The van der Waals surface area contributed by atoms with Crippen LogP contribution >= 0.6 is 0 Å². The Morgan fingerprint density at radius 1 is 0.880 bits per heavy atom. The van der Waals surface area contributed by atoms with E-state index in [0.717, 1.165) is 24.2 Å². The highest BCUT2D eigenvalue weighted by atomic mass is 14.9. The molecule has 4 aromatic rings. The van der Waals surface area contributed by atoms with E-state index in [1.54, 1.807) is 0 Å². The minimum Gasteiger partial charge on any atom is -0.253 e. The van der Waals surface area contributed by atoms with E-state index in [4.69, 9.17) is 0 Å². The molecule has 0 bridgehead atoms. The summed E-state index contributed by atoms with van der Waals surface area (Å²) >= 11 is 0. The van der Waals surface area contributed by atoms with Crippen LogP contribution in [0.4, 0.5) is 0 Å². The topological polar surface area (TPSA) is 16.8 Å². The molecule has 0 N–H and O–H groups in total. The molecule has 0 aliphatic carbocycles. The largest absolute Gasteiger partial charge is 0.253 e. The van der Waals surface area contributed by atoms with Crippen LogP contribution in [0.2, 0.25) is 0 Å². The van der Waals surface area contributed by atoms with E-state index in [-0.39, 0.29) is 0 Å². The minimum absolute atomic E-state index is 0.838. The lowest BCUT2D eigenvalue weighted by Gasteiger charge is -1.99. The highest BCUT2D eigenvalue weighted by molar-refractivity contribution is 5.78. The molecule has 0 saturated carbocycles. The summed E-state index contributed by atoms with van der Waals surface area (Å²) in [5, 5.41) is 2.50. The molecule has 124 valence electrons. The zero-order chi connectivity index (χ0) is 17.5. The molecule has 2 heterocycles. The van der Waals surface area contributed by atoms with Crippen LogP contribution in [-0.2, 0) is 13.0 Å². The maximum absolute atomic E-state index is 4.49. The summed E-state index contributed by atoms with van der Waals surface area (Å²) in [4.78, 5) is 4.49. The average Bonchev–Trinajstić information content (AvgIpc) is 2.68. The average molecular weight is 327 g/mol. The molecular weight excluding hydrogens is 304 g/mol. The van der Waals surface area contributed by atoms with Gasteiger partial charge >= 0.3 is 0 Å². The number of hydrogen-bond acceptors (Lipinski definition) is 1. The third-order valence-electron chi connectivity index (χ3n) is 4.14. The van der Waals surface area contributed by atoms with Gasteiger partial charge in [0.2, 0.25) is 5.52 Å². The van der Waals surface area contributed by atoms with Crippen molar-refractivity contribution in [2.45, 2.75) is 19.9 Å². The summed E-state index contributed by atoms with van der Waals surface area (Å²) in [5.41, 5.74) is 3.44. The lowest BCUT2D eigenvalue weighted by Crippen LogP contribution is -2.32. The van der Waals surface area contributed by atoms with Crippen molar-refractivity contribution >= 4 is 21.8 Å². The van der Waals surface area contributed by atoms with E-state index in [1.807, 2.05) is 30.3 Å². The molecule has 0 saturated heterocycles. The lowest BCUT2D eigenvalue weighted by molar-refractivity contribution is -0.667. The molecule has 0 aliphatic rings. The number of nitrogens with zero attached hydrogens (tertiary/aromatic N) is 2. The third-order valence-corrected chi connectivity index (χ3v) is 4.14. The fraction of sp³-hybridized carbons (Fsp3) is 0.130. The third kappa shape index (κ3) is 4.10. The van der Waals surface area contributed by atoms with Gasteiger partial charge in [-0.25, -0.2) is 0 Å². The molecule has 2 heteroatoms. The summed E-state index contributed by atoms with van der Waals surface area (Å²) in [6.07, 6.45) is 4.82. The number of para-hydroxylation sites is 2. The van der Waals surface area contributed by atoms with E-state index in [2.05, 4.69) is 77.8 Å². The van der Waals surface area contributed by atoms with Gasteiger partial charge in [-0.1, -0.05) is 42.5 Å². The van der Waals surface area contributed by atoms with Gasteiger partial charge in [0.15, 0.2) is 6.20 Å². The maximum atomic E-state index is 4.49. The van der Waals surface area contributed by atoms with E-state index < -0.39 is 0 Å². The first-order valence-electron chi connectivity index (χ1n) is 8.64. The second-order valence-electron chi connectivity index (χ2n) is 5.84. The predicted molar refractivity (Wildman–Crippen MR) is 105 cm³/mol. The normalized spacial score (nSPS) is 10.3. The lowest BCUT2D eigenvalue weighted by atomic mass is 10.2. The molecule has 0 spiro atoms. The molecule has 0 fully saturated rings. The van der Waals surface area contributed by atoms with Crippen LogP contribution < -0.4 is 4.57 Å². The van der Waals surface area contributed by atoms with Crippen LogP contribution in [0.15, 0.2) is 91.6 Å². The van der Waals surface area contributed by atoms with Crippen molar-refractivity contribution in [3.05, 3.63) is 97.3 Å². The van der Waals surface area contributed by atoms with Crippen molar-refractivity contribution in [3.8, 4) is 0 Å². The van der Waals surface area contributed by atoms with Crippen LogP contribution in [0, 0.1) is 0 Å². The van der Waals surface area contributed by atoms with Gasteiger partial charge in [0.05, 0.1) is 5.52 Å². The summed E-state index contributed by atoms with van der Waals surface area (Å²) < 4.78 is 2.25. The Kier molecular flexibility index (Phi) is 5.53. The van der Waals surface area contributed by atoms with Crippen molar-refractivity contribution in [1.82, 2.24) is 4.98 Å². The number of fused-ring (bicyclic) bond motifs is 2. The first-order chi connectivity index (χ1) is 12.3. The van der Waals surface area contributed by atoms with Crippen molar-refractivity contribution in [2.75, 3.05) is 0 Å². The van der Waals surface area contributed by atoms with Crippen LogP contribution in [0.3, 0.4) is 0 Å². The molecule has 0 amide bonds. The summed E-state index contributed by atoms with van der Waals surface area (Å²) in [6, 6.07) is 24.9. The Bertz CT molecular complexity index is 984. The minimum atomic E-state index is 0.838. The monoisotopic (exact) mass is 327 g/mol. The SMILES string of the molecule is C=CCc1ccc2ccccc2n1.CC[n+]1cccc2ccccc21. The Morgan fingerprint density at radius 3 is 2.40 bits per heavy atom. The van der Waals surface area contributed by atoms with E-state index in [1.165, 1.54) is 16.3 Å². The van der Waals surface area contributed by atoms with E-state index in [0.29, 0.717) is 0 Å². The molecule has 2 aromatic heterocycles. The number of allylic oxidation sites excluding steroid dienone is 1. The molecule has 0 unspecified atom stereocenters. The standard InChI is InChI=1S/C12H11N.C11H12N/c1-2-5-11-9-8-10-6-3-4-7-12(10)13-11;1-2-12-9-5-7-10-6-3-4-8-11(10)12/h2-4,6-9H,1,5H2;3-9H,2H2,1H3/q;+1. The van der Waals surface area contributed by atoms with E-state index in [9.17, 15) is 0 Å². The molecule has 0 atom stereocenters. The van der Waals surface area contributed by atoms with Gasteiger partial charge < -0.3 is 0 Å². The van der Waals surface area contributed by atoms with Gasteiger partial charge in [-0.05, 0) is 31.2 Å². The van der Waals surface area contributed by atoms with Crippen LogP contribution in [0.1, 0.15) is 12.6 Å². The number of pyridine rings is 2. The van der Waals surface area contributed by atoms with Gasteiger partial charge in [-0.15, -0.1) is 6.58 Å². The first kappa shape index (κ1) is 16.8. The Hall–Kier alpha value is -3.00. The smallest absolute Gasteiger partial charge is 0.212 e. The molecule has 25 heavy (non-hydrogen) atoms. The summed E-state index contributed by atoms with van der Waals surface area (Å²) in [5.74, 6) is 0. The van der Waals surface area contributed by atoms with Crippen LogP contribution in [0.5, 0.6) is 0 Å². The van der Waals surface area contributed by atoms with E-state index >= 15 is 0 Å². The molecule has 0 aliphatic heterocycles. The highest BCUT2D eigenvalue weighted by Gasteiger charge is 2.02. The fourth-order valence-electron chi connectivity index (χ4n) is 2.87. The zero-order valence-electron chi connectivity index (χ0n) is 14.6. The summed E-state index contributed by atoms with van der Waals surface area (Å²) in [6.45, 7) is 6.88. The van der Waals surface area contributed by atoms with Gasteiger partial charge in [0.1, 0.15) is 6.54 Å². The maximum Gasteiger partial charge on any atom is 0.212 e. The number of rotatable bonds is 3. The fourth-order valence-corrected chi connectivity index (χ4v) is 2.87. The molecule has 0 radical (unpaired) electrons. The van der Waals surface area contributed by atoms with Gasteiger partial charge in [-0.2, -0.15) is 4.57 Å². The number of hydrogen-bond donors (Lipinski definition) is 0. The van der Waals surface area contributed by atoms with Crippen molar-refractivity contribution in [2.24, 2.45) is 0 Å². The molecule has 4 rings (SSSR count). The van der Waals surface area contributed by atoms with Gasteiger partial charge in [0, 0.05) is 35.0 Å². The van der Waals surface area contributed by atoms with Crippen molar-refractivity contribution < 1.29 is 4.57 Å². The van der Waals surface area contributed by atoms with Crippen molar-refractivity contribution in [1.29, 1.82) is 0 Å². The van der Waals surface area contributed by atoms with Crippen molar-refractivity contribution in [3.63, 3.8) is 0 Å². The first-order valence-corrected chi connectivity index (χ1v) is 8.64. The predicted octanol–water partition coefficient (Wildman–Crippen LogP) is 5.11. The zero-order valence-corrected chi connectivity index (χ0v) is 14.6. The summed E-state index contributed by atoms with van der Waals surface area (Å²) in [7, 11) is 0. The van der Waals surface area contributed by atoms with Gasteiger partial charge in [0.25, 0.3) is 0 Å². The van der Waals surface area contributed by atoms with Crippen LogP contribution in [-0.4, -0.2) is 4.98 Å². The highest BCUT2D eigenvalue weighted by Crippen LogP contribution is 2.12. The Morgan fingerprint density at radius 2 is 1.60 bits per heavy atom. The second-order valence-corrected chi connectivity index (χ2v) is 5.84. The molecular formula is C23H23N2+. The molecule has 2 aromatic carbocycles. The quantitative estimate of drug-likeness (QED) is 0.377.